The minimum atomic E-state index is 0.0624. The largest absolute Gasteiger partial charge is 0.395 e. The molecule has 0 saturated carbocycles. The molecule has 1 heterocycles. The Balaban J connectivity index is 2.38. The SMILES string of the molecule is Cc1cccc(C(c2nc(CN)cs2)N(C)CCO)c1. The molecule has 0 bridgehead atoms. The number of hydrogen-bond acceptors (Lipinski definition) is 5. The molecule has 2 aromatic rings. The van der Waals surface area contributed by atoms with Crippen molar-refractivity contribution in [2.24, 2.45) is 5.73 Å². The molecule has 0 spiro atoms. The van der Waals surface area contributed by atoms with E-state index < -0.39 is 0 Å². The molecular formula is C15H21N3OS. The van der Waals surface area contributed by atoms with E-state index in [2.05, 4.69) is 41.1 Å². The highest BCUT2D eigenvalue weighted by atomic mass is 32.1. The van der Waals surface area contributed by atoms with E-state index in [1.54, 1.807) is 11.3 Å². The highest BCUT2D eigenvalue weighted by Gasteiger charge is 2.22. The van der Waals surface area contributed by atoms with Gasteiger partial charge in [-0.2, -0.15) is 0 Å². The summed E-state index contributed by atoms with van der Waals surface area (Å²) in [5, 5.41) is 12.2. The van der Waals surface area contributed by atoms with E-state index in [0.717, 1.165) is 10.7 Å². The van der Waals surface area contributed by atoms with Gasteiger partial charge in [-0.15, -0.1) is 11.3 Å². The molecule has 0 radical (unpaired) electrons. The molecule has 4 nitrogen and oxygen atoms in total. The van der Waals surface area contributed by atoms with Crippen LogP contribution in [0.1, 0.15) is 27.9 Å². The van der Waals surface area contributed by atoms with Crippen molar-refractivity contribution in [2.75, 3.05) is 20.2 Å². The van der Waals surface area contributed by atoms with Gasteiger partial charge in [0.15, 0.2) is 0 Å². The van der Waals surface area contributed by atoms with Gasteiger partial charge in [0.2, 0.25) is 0 Å². The minimum Gasteiger partial charge on any atom is -0.395 e. The quantitative estimate of drug-likeness (QED) is 0.853. The number of aromatic nitrogens is 1. The van der Waals surface area contributed by atoms with Gasteiger partial charge in [-0.1, -0.05) is 29.8 Å². The van der Waals surface area contributed by atoms with E-state index in [1.807, 2.05) is 12.4 Å². The van der Waals surface area contributed by atoms with Gasteiger partial charge in [-0.25, -0.2) is 4.98 Å². The summed E-state index contributed by atoms with van der Waals surface area (Å²) in [6.07, 6.45) is 0. The molecule has 0 saturated heterocycles. The number of aryl methyl sites for hydroxylation is 1. The zero-order chi connectivity index (χ0) is 14.5. The molecule has 0 aliphatic heterocycles. The zero-order valence-electron chi connectivity index (χ0n) is 11.9. The molecule has 0 amide bonds. The van der Waals surface area contributed by atoms with Gasteiger partial charge in [0.05, 0.1) is 18.3 Å². The maximum absolute atomic E-state index is 9.21. The molecule has 1 unspecified atom stereocenters. The Kier molecular flexibility index (Phi) is 5.25. The molecule has 2 rings (SSSR count). The Morgan fingerprint density at radius 3 is 2.85 bits per heavy atom. The first kappa shape index (κ1) is 15.1. The highest BCUT2D eigenvalue weighted by Crippen LogP contribution is 2.30. The van der Waals surface area contributed by atoms with Gasteiger partial charge in [0.1, 0.15) is 5.01 Å². The number of nitrogens with two attached hydrogens (primary N) is 1. The van der Waals surface area contributed by atoms with Gasteiger partial charge < -0.3 is 10.8 Å². The molecule has 0 aliphatic rings. The monoisotopic (exact) mass is 291 g/mol. The number of nitrogens with zero attached hydrogens (tertiary/aromatic N) is 2. The molecule has 20 heavy (non-hydrogen) atoms. The highest BCUT2D eigenvalue weighted by molar-refractivity contribution is 7.09. The van der Waals surface area contributed by atoms with Crippen molar-refractivity contribution < 1.29 is 5.11 Å². The van der Waals surface area contributed by atoms with Crippen LogP contribution in [0.15, 0.2) is 29.6 Å². The lowest BCUT2D eigenvalue weighted by molar-refractivity contribution is 0.197. The van der Waals surface area contributed by atoms with Gasteiger partial charge in [-0.3, -0.25) is 4.90 Å². The summed E-state index contributed by atoms with van der Waals surface area (Å²) in [4.78, 5) is 6.73. The number of aliphatic hydroxyl groups excluding tert-OH is 1. The number of rotatable bonds is 6. The molecule has 5 heteroatoms. The van der Waals surface area contributed by atoms with Crippen molar-refractivity contribution in [1.29, 1.82) is 0 Å². The summed E-state index contributed by atoms with van der Waals surface area (Å²) in [5.74, 6) is 0. The fraction of sp³-hybridized carbons (Fsp3) is 0.400. The molecule has 1 atom stereocenters. The van der Waals surface area contributed by atoms with E-state index in [0.29, 0.717) is 13.1 Å². The van der Waals surface area contributed by atoms with E-state index in [1.165, 1.54) is 11.1 Å². The lowest BCUT2D eigenvalue weighted by atomic mass is 10.0. The van der Waals surface area contributed by atoms with Crippen LogP contribution in [0.25, 0.3) is 0 Å². The summed E-state index contributed by atoms with van der Waals surface area (Å²) >= 11 is 1.62. The number of thiazole rings is 1. The Labute approximate surface area is 123 Å². The van der Waals surface area contributed by atoms with Crippen molar-refractivity contribution in [1.82, 2.24) is 9.88 Å². The fourth-order valence-corrected chi connectivity index (χ4v) is 3.28. The Bertz CT molecular complexity index is 556. The number of likely N-dealkylation sites (N-methyl/N-ethyl adjacent to an activating group) is 1. The zero-order valence-corrected chi connectivity index (χ0v) is 12.7. The Hall–Kier alpha value is -1.27. The minimum absolute atomic E-state index is 0.0624. The third-order valence-corrected chi connectivity index (χ3v) is 4.21. The van der Waals surface area contributed by atoms with Crippen LogP contribution in [0.3, 0.4) is 0 Å². The molecule has 1 aromatic heterocycles. The van der Waals surface area contributed by atoms with Crippen molar-refractivity contribution in [3.63, 3.8) is 0 Å². The maximum atomic E-state index is 9.21. The molecule has 108 valence electrons. The predicted molar refractivity (Wildman–Crippen MR) is 82.7 cm³/mol. The van der Waals surface area contributed by atoms with Crippen LogP contribution in [0.2, 0.25) is 0 Å². The second-order valence-corrected chi connectivity index (χ2v) is 5.79. The van der Waals surface area contributed by atoms with Crippen LogP contribution in [-0.4, -0.2) is 35.2 Å². The van der Waals surface area contributed by atoms with Crippen LogP contribution in [0.5, 0.6) is 0 Å². The van der Waals surface area contributed by atoms with Crippen LogP contribution in [-0.2, 0) is 6.54 Å². The first-order valence-corrected chi connectivity index (χ1v) is 7.55. The lowest BCUT2D eigenvalue weighted by Gasteiger charge is -2.26. The normalized spacial score (nSPS) is 12.8. The van der Waals surface area contributed by atoms with Gasteiger partial charge in [0.25, 0.3) is 0 Å². The van der Waals surface area contributed by atoms with Crippen molar-refractivity contribution in [3.8, 4) is 0 Å². The summed E-state index contributed by atoms with van der Waals surface area (Å²) in [7, 11) is 2.01. The average Bonchev–Trinajstić information content (AvgIpc) is 2.88. The molecule has 0 aliphatic carbocycles. The van der Waals surface area contributed by atoms with E-state index in [9.17, 15) is 5.11 Å². The number of aliphatic hydroxyl groups is 1. The maximum Gasteiger partial charge on any atom is 0.115 e. The summed E-state index contributed by atoms with van der Waals surface area (Å²) < 4.78 is 0. The standard InChI is InChI=1S/C15H21N3OS/c1-11-4-3-5-12(8-11)14(18(2)6-7-19)15-17-13(9-16)10-20-15/h3-5,8,10,14,19H,6-7,9,16H2,1-2H3. The predicted octanol–water partition coefficient (Wildman–Crippen LogP) is 1.92. The van der Waals surface area contributed by atoms with Crippen LogP contribution in [0.4, 0.5) is 0 Å². The van der Waals surface area contributed by atoms with Crippen LogP contribution < -0.4 is 5.73 Å². The third-order valence-electron chi connectivity index (χ3n) is 3.26. The number of benzene rings is 1. The van der Waals surface area contributed by atoms with Crippen molar-refractivity contribution in [2.45, 2.75) is 19.5 Å². The van der Waals surface area contributed by atoms with E-state index in [-0.39, 0.29) is 12.6 Å². The third kappa shape index (κ3) is 3.43. The van der Waals surface area contributed by atoms with E-state index in [4.69, 9.17) is 5.73 Å². The Morgan fingerprint density at radius 2 is 2.25 bits per heavy atom. The summed E-state index contributed by atoms with van der Waals surface area (Å²) in [6, 6.07) is 8.48. The topological polar surface area (TPSA) is 62.4 Å². The van der Waals surface area contributed by atoms with Crippen molar-refractivity contribution in [3.05, 3.63) is 51.5 Å². The van der Waals surface area contributed by atoms with Crippen LogP contribution in [0, 0.1) is 6.92 Å². The van der Waals surface area contributed by atoms with Gasteiger partial charge in [0, 0.05) is 18.5 Å². The Morgan fingerprint density at radius 1 is 1.45 bits per heavy atom. The second-order valence-electron chi connectivity index (χ2n) is 4.90. The molecular weight excluding hydrogens is 270 g/mol. The van der Waals surface area contributed by atoms with Gasteiger partial charge in [-0.05, 0) is 19.5 Å². The molecule has 1 aromatic carbocycles. The summed E-state index contributed by atoms with van der Waals surface area (Å²) in [5.41, 5.74) is 8.98. The summed E-state index contributed by atoms with van der Waals surface area (Å²) in [6.45, 7) is 3.28. The first-order valence-electron chi connectivity index (χ1n) is 6.67. The van der Waals surface area contributed by atoms with Gasteiger partial charge >= 0.3 is 0 Å². The smallest absolute Gasteiger partial charge is 0.115 e. The lowest BCUT2D eigenvalue weighted by Crippen LogP contribution is -2.28. The average molecular weight is 291 g/mol. The second kappa shape index (κ2) is 6.95. The fourth-order valence-electron chi connectivity index (χ4n) is 2.25. The molecule has 3 N–H and O–H groups in total. The first-order chi connectivity index (χ1) is 9.65. The molecule has 0 fully saturated rings. The van der Waals surface area contributed by atoms with Crippen LogP contribution >= 0.6 is 11.3 Å². The number of hydrogen-bond donors (Lipinski definition) is 2. The van der Waals surface area contributed by atoms with E-state index >= 15 is 0 Å². The van der Waals surface area contributed by atoms with Crippen molar-refractivity contribution >= 4 is 11.3 Å².